The Kier molecular flexibility index (Phi) is 4.37. The Morgan fingerprint density at radius 3 is 2.80 bits per heavy atom. The summed E-state index contributed by atoms with van der Waals surface area (Å²) in [7, 11) is 0. The zero-order valence-electron chi connectivity index (χ0n) is 13.6. The van der Waals surface area contributed by atoms with Gasteiger partial charge in [-0.3, -0.25) is 0 Å². The summed E-state index contributed by atoms with van der Waals surface area (Å²) in [6, 6.07) is 9.97. The minimum Gasteiger partial charge on any atom is -0.411 e. The smallest absolute Gasteiger partial charge is 0.277 e. The van der Waals surface area contributed by atoms with Gasteiger partial charge in [0.1, 0.15) is 0 Å². The SMILES string of the molecule is Cc1ccc(-c2nnc(SCc3noc(-c4cccs4)n3)o2)cc1C. The second-order valence-corrected chi connectivity index (χ2v) is 7.33. The molecule has 3 aromatic heterocycles. The van der Waals surface area contributed by atoms with E-state index in [0.717, 1.165) is 10.4 Å². The molecule has 0 radical (unpaired) electrons. The van der Waals surface area contributed by atoms with Crippen molar-refractivity contribution in [3.05, 3.63) is 52.7 Å². The van der Waals surface area contributed by atoms with E-state index < -0.39 is 0 Å². The van der Waals surface area contributed by atoms with E-state index in [1.807, 2.05) is 35.7 Å². The lowest BCUT2D eigenvalue weighted by Gasteiger charge is -2.00. The molecule has 0 aliphatic carbocycles. The molecule has 0 aliphatic heterocycles. The molecule has 8 heteroatoms. The second-order valence-electron chi connectivity index (χ2n) is 5.45. The maximum absolute atomic E-state index is 5.72. The van der Waals surface area contributed by atoms with Gasteiger partial charge in [-0.2, -0.15) is 4.98 Å². The molecule has 0 atom stereocenters. The number of hydrogen-bond donors (Lipinski definition) is 0. The van der Waals surface area contributed by atoms with Crippen LogP contribution in [-0.2, 0) is 5.75 Å². The molecule has 6 nitrogen and oxygen atoms in total. The predicted molar refractivity (Wildman–Crippen MR) is 96.4 cm³/mol. The number of thioether (sulfide) groups is 1. The summed E-state index contributed by atoms with van der Waals surface area (Å²) in [4.78, 5) is 5.33. The van der Waals surface area contributed by atoms with Gasteiger partial charge in [0.2, 0.25) is 5.89 Å². The van der Waals surface area contributed by atoms with Crippen LogP contribution >= 0.6 is 23.1 Å². The van der Waals surface area contributed by atoms with E-state index in [2.05, 4.69) is 34.2 Å². The second kappa shape index (κ2) is 6.81. The number of thiophene rings is 1. The predicted octanol–water partition coefficient (Wildman–Crippen LogP) is 4.76. The van der Waals surface area contributed by atoms with Crippen molar-refractivity contribution in [1.29, 1.82) is 0 Å². The first kappa shape index (κ1) is 16.0. The first-order chi connectivity index (χ1) is 12.2. The van der Waals surface area contributed by atoms with Crippen LogP contribution in [0.4, 0.5) is 0 Å². The van der Waals surface area contributed by atoms with E-state index >= 15 is 0 Å². The van der Waals surface area contributed by atoms with Crippen LogP contribution in [-0.4, -0.2) is 20.3 Å². The molecule has 4 rings (SSSR count). The fourth-order valence-corrected chi connectivity index (χ4v) is 3.45. The van der Waals surface area contributed by atoms with Crippen LogP contribution in [0.1, 0.15) is 17.0 Å². The molecular formula is C17H14N4O2S2. The third-order valence-corrected chi connectivity index (χ3v) is 5.36. The zero-order valence-corrected chi connectivity index (χ0v) is 15.2. The molecule has 3 heterocycles. The summed E-state index contributed by atoms with van der Waals surface area (Å²) in [5, 5.41) is 14.6. The molecule has 0 N–H and O–H groups in total. The van der Waals surface area contributed by atoms with Gasteiger partial charge in [0.15, 0.2) is 5.82 Å². The first-order valence-electron chi connectivity index (χ1n) is 7.59. The van der Waals surface area contributed by atoms with Crippen LogP contribution in [0.5, 0.6) is 0 Å². The molecule has 0 saturated heterocycles. The van der Waals surface area contributed by atoms with Crippen LogP contribution in [0.3, 0.4) is 0 Å². The van der Waals surface area contributed by atoms with Crippen molar-refractivity contribution in [1.82, 2.24) is 20.3 Å². The Morgan fingerprint density at radius 1 is 1.08 bits per heavy atom. The third-order valence-electron chi connectivity index (χ3n) is 3.69. The maximum atomic E-state index is 5.72. The van der Waals surface area contributed by atoms with Crippen molar-refractivity contribution in [3.63, 3.8) is 0 Å². The van der Waals surface area contributed by atoms with Crippen molar-refractivity contribution in [2.75, 3.05) is 0 Å². The number of aryl methyl sites for hydroxylation is 2. The standard InChI is InChI=1S/C17H14N4O2S2/c1-10-5-6-12(8-11(10)2)15-19-20-17(22-15)25-9-14-18-16(23-21-14)13-4-3-7-24-13/h3-8H,9H2,1-2H3. The lowest BCUT2D eigenvalue weighted by Crippen LogP contribution is -1.83. The quantitative estimate of drug-likeness (QED) is 0.469. The van der Waals surface area contributed by atoms with Gasteiger partial charge in [-0.25, -0.2) is 0 Å². The van der Waals surface area contributed by atoms with Gasteiger partial charge < -0.3 is 8.94 Å². The summed E-state index contributed by atoms with van der Waals surface area (Å²) >= 11 is 2.95. The van der Waals surface area contributed by atoms with Gasteiger partial charge in [-0.1, -0.05) is 29.1 Å². The Hall–Kier alpha value is -2.45. The van der Waals surface area contributed by atoms with Crippen LogP contribution in [0.25, 0.3) is 22.2 Å². The highest BCUT2D eigenvalue weighted by atomic mass is 32.2. The van der Waals surface area contributed by atoms with Crippen LogP contribution in [0.2, 0.25) is 0 Å². The van der Waals surface area contributed by atoms with Crippen molar-refractivity contribution in [2.45, 2.75) is 24.8 Å². The third kappa shape index (κ3) is 3.49. The Morgan fingerprint density at radius 2 is 2.00 bits per heavy atom. The lowest BCUT2D eigenvalue weighted by atomic mass is 10.1. The van der Waals surface area contributed by atoms with E-state index in [1.54, 1.807) is 11.3 Å². The average molecular weight is 370 g/mol. The van der Waals surface area contributed by atoms with Gasteiger partial charge in [0.25, 0.3) is 11.1 Å². The van der Waals surface area contributed by atoms with Crippen molar-refractivity contribution in [3.8, 4) is 22.2 Å². The normalized spacial score (nSPS) is 11.1. The molecule has 0 aliphatic rings. The average Bonchev–Trinajstić information content (AvgIpc) is 3.36. The Balaban J connectivity index is 1.44. The Labute approximate surface area is 152 Å². The molecule has 0 amide bonds. The van der Waals surface area contributed by atoms with Gasteiger partial charge in [0, 0.05) is 5.56 Å². The molecule has 0 spiro atoms. The summed E-state index contributed by atoms with van der Waals surface area (Å²) in [5.74, 6) is 2.15. The molecular weight excluding hydrogens is 356 g/mol. The summed E-state index contributed by atoms with van der Waals surface area (Å²) in [5.41, 5.74) is 3.34. The van der Waals surface area contributed by atoms with E-state index in [4.69, 9.17) is 8.94 Å². The molecule has 0 saturated carbocycles. The van der Waals surface area contributed by atoms with Crippen LogP contribution in [0, 0.1) is 13.8 Å². The molecule has 0 fully saturated rings. The van der Waals surface area contributed by atoms with Crippen molar-refractivity contribution in [2.24, 2.45) is 0 Å². The number of benzene rings is 1. The van der Waals surface area contributed by atoms with E-state index in [9.17, 15) is 0 Å². The summed E-state index contributed by atoms with van der Waals surface area (Å²) in [6.07, 6.45) is 0. The fraction of sp³-hybridized carbons (Fsp3) is 0.176. The highest BCUT2D eigenvalue weighted by Crippen LogP contribution is 2.27. The van der Waals surface area contributed by atoms with Crippen molar-refractivity contribution >= 4 is 23.1 Å². The number of hydrogen-bond acceptors (Lipinski definition) is 8. The van der Waals surface area contributed by atoms with Gasteiger partial charge >= 0.3 is 0 Å². The van der Waals surface area contributed by atoms with E-state index in [0.29, 0.717) is 28.6 Å². The number of aromatic nitrogens is 4. The first-order valence-corrected chi connectivity index (χ1v) is 9.46. The number of nitrogens with zero attached hydrogens (tertiary/aromatic N) is 4. The zero-order chi connectivity index (χ0) is 17.2. The molecule has 0 unspecified atom stereocenters. The minimum atomic E-state index is 0.482. The molecule has 0 bridgehead atoms. The van der Waals surface area contributed by atoms with Crippen LogP contribution in [0.15, 0.2) is 49.9 Å². The maximum Gasteiger partial charge on any atom is 0.277 e. The highest BCUT2D eigenvalue weighted by Gasteiger charge is 2.13. The van der Waals surface area contributed by atoms with Gasteiger partial charge in [-0.05, 0) is 48.6 Å². The van der Waals surface area contributed by atoms with Crippen molar-refractivity contribution < 1.29 is 8.94 Å². The topological polar surface area (TPSA) is 77.8 Å². The van der Waals surface area contributed by atoms with E-state index in [-0.39, 0.29) is 0 Å². The minimum absolute atomic E-state index is 0.482. The highest BCUT2D eigenvalue weighted by molar-refractivity contribution is 7.98. The monoisotopic (exact) mass is 370 g/mol. The number of rotatable bonds is 5. The molecule has 25 heavy (non-hydrogen) atoms. The summed E-state index contributed by atoms with van der Waals surface area (Å²) < 4.78 is 11.0. The molecule has 1 aromatic carbocycles. The van der Waals surface area contributed by atoms with Crippen LogP contribution < -0.4 is 0 Å². The fourth-order valence-electron chi connectivity index (χ4n) is 2.20. The molecule has 126 valence electrons. The molecule has 4 aromatic rings. The Bertz CT molecular complexity index is 992. The summed E-state index contributed by atoms with van der Waals surface area (Å²) in [6.45, 7) is 4.13. The lowest BCUT2D eigenvalue weighted by molar-refractivity contribution is 0.425. The largest absolute Gasteiger partial charge is 0.411 e. The van der Waals surface area contributed by atoms with E-state index in [1.165, 1.54) is 22.9 Å². The van der Waals surface area contributed by atoms with Gasteiger partial charge in [0.05, 0.1) is 10.6 Å². The van der Waals surface area contributed by atoms with Gasteiger partial charge in [-0.15, -0.1) is 21.5 Å².